The number of carbonyl (C=O) groups is 1. The Labute approximate surface area is 122 Å². The van der Waals surface area contributed by atoms with Gasteiger partial charge in [-0.3, -0.25) is 4.79 Å². The molecule has 0 saturated carbocycles. The van der Waals surface area contributed by atoms with Gasteiger partial charge in [0.1, 0.15) is 0 Å². The van der Waals surface area contributed by atoms with Gasteiger partial charge in [0, 0.05) is 25.2 Å². The van der Waals surface area contributed by atoms with Crippen LogP contribution in [0.5, 0.6) is 0 Å². The second kappa shape index (κ2) is 6.44. The fourth-order valence-electron chi connectivity index (χ4n) is 4.17. The van der Waals surface area contributed by atoms with E-state index in [1.54, 1.807) is 0 Å². The number of likely N-dealkylation sites (tertiary alicyclic amines) is 2. The van der Waals surface area contributed by atoms with Crippen LogP contribution in [0, 0.1) is 5.92 Å². The van der Waals surface area contributed by atoms with Gasteiger partial charge < -0.3 is 15.1 Å². The first-order valence-electron chi connectivity index (χ1n) is 8.52. The second-order valence-corrected chi connectivity index (χ2v) is 6.79. The van der Waals surface area contributed by atoms with Crippen LogP contribution >= 0.6 is 0 Å². The van der Waals surface area contributed by atoms with Crippen LogP contribution in [0.4, 0.5) is 0 Å². The zero-order chi connectivity index (χ0) is 13.9. The van der Waals surface area contributed by atoms with Gasteiger partial charge in [0.2, 0.25) is 5.91 Å². The summed E-state index contributed by atoms with van der Waals surface area (Å²) in [4.78, 5) is 17.4. The highest BCUT2D eigenvalue weighted by atomic mass is 16.2. The van der Waals surface area contributed by atoms with Crippen molar-refractivity contribution in [1.29, 1.82) is 0 Å². The number of carbonyl (C=O) groups excluding carboxylic acids is 1. The molecule has 0 spiro atoms. The summed E-state index contributed by atoms with van der Waals surface area (Å²) >= 11 is 0. The fourth-order valence-corrected chi connectivity index (χ4v) is 4.17. The van der Waals surface area contributed by atoms with E-state index in [2.05, 4.69) is 22.0 Å². The zero-order valence-corrected chi connectivity index (χ0v) is 12.8. The number of piperidine rings is 2. The molecule has 0 aromatic rings. The van der Waals surface area contributed by atoms with Crippen molar-refractivity contribution in [3.05, 3.63) is 0 Å². The maximum absolute atomic E-state index is 12.6. The van der Waals surface area contributed by atoms with E-state index in [0.29, 0.717) is 11.9 Å². The molecule has 0 radical (unpaired) electrons. The molecule has 3 aliphatic heterocycles. The van der Waals surface area contributed by atoms with Crippen molar-refractivity contribution >= 4 is 5.91 Å². The third-order valence-electron chi connectivity index (χ3n) is 5.53. The summed E-state index contributed by atoms with van der Waals surface area (Å²) in [6.45, 7) is 7.66. The standard InChI is InChI=1S/C16H29N3O/c1-13-15(5-8-17-13)16(20)19-11-6-14(7-12-19)18-9-3-2-4-10-18/h13-15,17H,2-12H2,1H3. The molecule has 0 aliphatic carbocycles. The molecule has 4 nitrogen and oxygen atoms in total. The van der Waals surface area contributed by atoms with Crippen LogP contribution in [0.15, 0.2) is 0 Å². The minimum atomic E-state index is 0.224. The van der Waals surface area contributed by atoms with Crippen molar-refractivity contribution in [2.45, 2.75) is 57.5 Å². The average molecular weight is 279 g/mol. The van der Waals surface area contributed by atoms with Gasteiger partial charge in [-0.2, -0.15) is 0 Å². The number of nitrogens with one attached hydrogen (secondary N) is 1. The Bertz CT molecular complexity index is 333. The van der Waals surface area contributed by atoms with Crippen molar-refractivity contribution in [3.8, 4) is 0 Å². The molecule has 2 atom stereocenters. The van der Waals surface area contributed by atoms with E-state index < -0.39 is 0 Å². The lowest BCUT2D eigenvalue weighted by Crippen LogP contribution is -2.50. The van der Waals surface area contributed by atoms with Crippen LogP contribution in [-0.2, 0) is 4.79 Å². The van der Waals surface area contributed by atoms with Crippen molar-refractivity contribution in [3.63, 3.8) is 0 Å². The van der Waals surface area contributed by atoms with Gasteiger partial charge in [-0.25, -0.2) is 0 Å². The molecule has 20 heavy (non-hydrogen) atoms. The lowest BCUT2D eigenvalue weighted by atomic mass is 9.96. The third kappa shape index (κ3) is 3.01. The molecular formula is C16H29N3O. The Morgan fingerprint density at radius 1 is 1.00 bits per heavy atom. The molecule has 3 heterocycles. The highest BCUT2D eigenvalue weighted by molar-refractivity contribution is 5.80. The molecule has 3 saturated heterocycles. The van der Waals surface area contributed by atoms with Crippen LogP contribution in [0.25, 0.3) is 0 Å². The highest BCUT2D eigenvalue weighted by Crippen LogP contribution is 2.24. The summed E-state index contributed by atoms with van der Waals surface area (Å²) in [5.41, 5.74) is 0. The Morgan fingerprint density at radius 2 is 1.70 bits per heavy atom. The first-order chi connectivity index (χ1) is 9.75. The van der Waals surface area contributed by atoms with E-state index in [0.717, 1.165) is 32.1 Å². The van der Waals surface area contributed by atoms with Gasteiger partial charge in [-0.1, -0.05) is 6.42 Å². The van der Waals surface area contributed by atoms with Gasteiger partial charge in [0.15, 0.2) is 0 Å². The molecule has 0 bridgehead atoms. The van der Waals surface area contributed by atoms with Crippen molar-refractivity contribution in [2.75, 3.05) is 32.7 Å². The van der Waals surface area contributed by atoms with Gasteiger partial charge in [0.25, 0.3) is 0 Å². The minimum Gasteiger partial charge on any atom is -0.342 e. The summed E-state index contributed by atoms with van der Waals surface area (Å²) in [6.07, 6.45) is 7.52. The lowest BCUT2D eigenvalue weighted by Gasteiger charge is -2.41. The van der Waals surface area contributed by atoms with Crippen molar-refractivity contribution < 1.29 is 4.79 Å². The van der Waals surface area contributed by atoms with E-state index in [4.69, 9.17) is 0 Å². The van der Waals surface area contributed by atoms with Crippen LogP contribution < -0.4 is 5.32 Å². The molecular weight excluding hydrogens is 250 g/mol. The molecule has 2 unspecified atom stereocenters. The second-order valence-electron chi connectivity index (χ2n) is 6.79. The van der Waals surface area contributed by atoms with E-state index in [-0.39, 0.29) is 5.92 Å². The summed E-state index contributed by atoms with van der Waals surface area (Å²) < 4.78 is 0. The average Bonchev–Trinajstić information content (AvgIpc) is 2.94. The minimum absolute atomic E-state index is 0.224. The number of nitrogens with zero attached hydrogens (tertiary/aromatic N) is 2. The molecule has 3 rings (SSSR count). The molecule has 0 aromatic heterocycles. The SMILES string of the molecule is CC1NCCC1C(=O)N1CCC(N2CCCCC2)CC1. The number of hydrogen-bond donors (Lipinski definition) is 1. The largest absolute Gasteiger partial charge is 0.342 e. The Balaban J connectivity index is 1.49. The van der Waals surface area contributed by atoms with Crippen LogP contribution in [0.1, 0.15) is 45.4 Å². The molecule has 1 N–H and O–H groups in total. The maximum atomic E-state index is 12.6. The van der Waals surface area contributed by atoms with Crippen molar-refractivity contribution in [1.82, 2.24) is 15.1 Å². The maximum Gasteiger partial charge on any atom is 0.227 e. The summed E-state index contributed by atoms with van der Waals surface area (Å²) in [5.74, 6) is 0.626. The van der Waals surface area contributed by atoms with Crippen molar-refractivity contribution in [2.24, 2.45) is 5.92 Å². The monoisotopic (exact) mass is 279 g/mol. The Hall–Kier alpha value is -0.610. The summed E-state index contributed by atoms with van der Waals surface area (Å²) in [5, 5.41) is 3.39. The number of amides is 1. The van der Waals surface area contributed by atoms with Gasteiger partial charge in [-0.05, 0) is 58.7 Å². The van der Waals surface area contributed by atoms with Gasteiger partial charge >= 0.3 is 0 Å². The predicted molar refractivity (Wildman–Crippen MR) is 80.6 cm³/mol. The Kier molecular flexibility index (Phi) is 4.61. The third-order valence-corrected chi connectivity index (χ3v) is 5.53. The zero-order valence-electron chi connectivity index (χ0n) is 12.8. The summed E-state index contributed by atoms with van der Waals surface area (Å²) in [6, 6.07) is 1.10. The fraction of sp³-hybridized carbons (Fsp3) is 0.938. The molecule has 4 heteroatoms. The molecule has 114 valence electrons. The molecule has 3 aliphatic rings. The first-order valence-corrected chi connectivity index (χ1v) is 8.52. The predicted octanol–water partition coefficient (Wildman–Crippen LogP) is 1.46. The first kappa shape index (κ1) is 14.3. The molecule has 3 fully saturated rings. The Morgan fingerprint density at radius 3 is 2.30 bits per heavy atom. The van der Waals surface area contributed by atoms with Crippen LogP contribution in [0.3, 0.4) is 0 Å². The quantitative estimate of drug-likeness (QED) is 0.831. The van der Waals surface area contributed by atoms with Crippen LogP contribution in [-0.4, -0.2) is 60.5 Å². The summed E-state index contributed by atoms with van der Waals surface area (Å²) in [7, 11) is 0. The van der Waals surface area contributed by atoms with E-state index in [1.807, 2.05) is 0 Å². The smallest absolute Gasteiger partial charge is 0.227 e. The molecule has 0 aromatic carbocycles. The normalized spacial score (nSPS) is 33.5. The number of rotatable bonds is 2. The topological polar surface area (TPSA) is 35.6 Å². The number of hydrogen-bond acceptors (Lipinski definition) is 3. The van der Waals surface area contributed by atoms with Crippen LogP contribution in [0.2, 0.25) is 0 Å². The van der Waals surface area contributed by atoms with E-state index >= 15 is 0 Å². The van der Waals surface area contributed by atoms with E-state index in [1.165, 1.54) is 45.2 Å². The lowest BCUT2D eigenvalue weighted by molar-refractivity contribution is -0.137. The highest BCUT2D eigenvalue weighted by Gasteiger charge is 2.35. The van der Waals surface area contributed by atoms with Gasteiger partial charge in [-0.15, -0.1) is 0 Å². The van der Waals surface area contributed by atoms with Gasteiger partial charge in [0.05, 0.1) is 5.92 Å². The molecule has 1 amide bonds. The van der Waals surface area contributed by atoms with E-state index in [9.17, 15) is 4.79 Å².